The Morgan fingerprint density at radius 3 is 2.69 bits per heavy atom. The molecule has 0 saturated heterocycles. The second kappa shape index (κ2) is 4.67. The second-order valence-corrected chi connectivity index (χ2v) is 5.32. The Morgan fingerprint density at radius 2 is 2.25 bits per heavy atom. The number of rotatable bonds is 3. The fourth-order valence-electron chi connectivity index (χ4n) is 1.38. The molecule has 4 heteroatoms. The van der Waals surface area contributed by atoms with Crippen LogP contribution in [0.1, 0.15) is 31.7 Å². The van der Waals surface area contributed by atoms with Gasteiger partial charge in [-0.1, -0.05) is 6.07 Å². The van der Waals surface area contributed by atoms with E-state index < -0.39 is 5.41 Å². The lowest BCUT2D eigenvalue weighted by molar-refractivity contribution is -0.138. The SMILES string of the molecule is CC(c1cccs1)N(C)C(=O)C(C)(C)C#N. The van der Waals surface area contributed by atoms with Gasteiger partial charge in [-0.05, 0) is 32.2 Å². The summed E-state index contributed by atoms with van der Waals surface area (Å²) in [5.74, 6) is -0.143. The number of amides is 1. The summed E-state index contributed by atoms with van der Waals surface area (Å²) in [6.45, 7) is 5.26. The number of thiophene rings is 1. The van der Waals surface area contributed by atoms with E-state index in [1.165, 1.54) is 0 Å². The first-order valence-corrected chi connectivity index (χ1v) is 6.00. The standard InChI is InChI=1S/C12H16N2OS/c1-9(10-6-5-7-16-10)14(4)11(15)12(2,3)8-13/h5-7,9H,1-4H3. The van der Waals surface area contributed by atoms with Gasteiger partial charge in [0.15, 0.2) is 0 Å². The van der Waals surface area contributed by atoms with Crippen LogP contribution >= 0.6 is 11.3 Å². The molecule has 0 spiro atoms. The molecule has 3 nitrogen and oxygen atoms in total. The largest absolute Gasteiger partial charge is 0.337 e. The maximum Gasteiger partial charge on any atom is 0.242 e. The molecule has 16 heavy (non-hydrogen) atoms. The first-order chi connectivity index (χ1) is 7.40. The van der Waals surface area contributed by atoms with Gasteiger partial charge in [-0.15, -0.1) is 11.3 Å². The molecule has 1 unspecified atom stereocenters. The van der Waals surface area contributed by atoms with Crippen LogP contribution in [-0.4, -0.2) is 17.9 Å². The topological polar surface area (TPSA) is 44.1 Å². The number of carbonyl (C=O) groups excluding carboxylic acids is 1. The molecule has 0 fully saturated rings. The fraction of sp³-hybridized carbons (Fsp3) is 0.500. The number of nitriles is 1. The van der Waals surface area contributed by atoms with Crippen LogP contribution in [-0.2, 0) is 4.79 Å². The summed E-state index contributed by atoms with van der Waals surface area (Å²) in [5.41, 5.74) is -0.958. The van der Waals surface area contributed by atoms with Gasteiger partial charge in [0.1, 0.15) is 5.41 Å². The van der Waals surface area contributed by atoms with E-state index in [1.54, 1.807) is 37.1 Å². The van der Waals surface area contributed by atoms with Crippen molar-refractivity contribution < 1.29 is 4.79 Å². The van der Waals surface area contributed by atoms with E-state index in [0.29, 0.717) is 0 Å². The van der Waals surface area contributed by atoms with E-state index in [1.807, 2.05) is 30.5 Å². The van der Waals surface area contributed by atoms with E-state index in [0.717, 1.165) is 4.88 Å². The molecule has 1 amide bonds. The summed E-state index contributed by atoms with van der Waals surface area (Å²) in [7, 11) is 1.74. The Kier molecular flexibility index (Phi) is 3.71. The van der Waals surface area contributed by atoms with Gasteiger partial charge in [0.25, 0.3) is 0 Å². The highest BCUT2D eigenvalue weighted by Gasteiger charge is 2.32. The quantitative estimate of drug-likeness (QED) is 0.810. The molecule has 0 N–H and O–H groups in total. The average Bonchev–Trinajstić information content (AvgIpc) is 2.79. The van der Waals surface area contributed by atoms with Gasteiger partial charge >= 0.3 is 0 Å². The van der Waals surface area contributed by atoms with Crippen molar-refractivity contribution in [3.8, 4) is 6.07 Å². The highest BCUT2D eigenvalue weighted by atomic mass is 32.1. The number of carbonyl (C=O) groups is 1. The van der Waals surface area contributed by atoms with Crippen molar-refractivity contribution in [3.63, 3.8) is 0 Å². The number of hydrogen-bond donors (Lipinski definition) is 0. The molecule has 86 valence electrons. The number of hydrogen-bond acceptors (Lipinski definition) is 3. The summed E-state index contributed by atoms with van der Waals surface area (Å²) < 4.78 is 0. The maximum absolute atomic E-state index is 12.0. The first-order valence-electron chi connectivity index (χ1n) is 5.12. The summed E-state index contributed by atoms with van der Waals surface area (Å²) >= 11 is 1.62. The maximum atomic E-state index is 12.0. The minimum atomic E-state index is -0.958. The minimum absolute atomic E-state index is 0.0140. The Morgan fingerprint density at radius 1 is 1.62 bits per heavy atom. The smallest absolute Gasteiger partial charge is 0.242 e. The fourth-order valence-corrected chi connectivity index (χ4v) is 2.21. The summed E-state index contributed by atoms with van der Waals surface area (Å²) in [4.78, 5) is 14.8. The lowest BCUT2D eigenvalue weighted by Gasteiger charge is -2.29. The van der Waals surface area contributed by atoms with Crippen LogP contribution in [0.4, 0.5) is 0 Å². The Balaban J connectivity index is 2.84. The minimum Gasteiger partial charge on any atom is -0.337 e. The lowest BCUT2D eigenvalue weighted by Crippen LogP contribution is -2.38. The normalized spacial score (nSPS) is 12.9. The van der Waals surface area contributed by atoms with E-state index in [-0.39, 0.29) is 11.9 Å². The van der Waals surface area contributed by atoms with Crippen molar-refractivity contribution in [2.24, 2.45) is 5.41 Å². The van der Waals surface area contributed by atoms with Crippen molar-refractivity contribution in [2.75, 3.05) is 7.05 Å². The molecule has 0 aromatic carbocycles. The van der Waals surface area contributed by atoms with Crippen LogP contribution < -0.4 is 0 Å². The Bertz CT molecular complexity index is 403. The van der Waals surface area contributed by atoms with Crippen LogP contribution in [0.25, 0.3) is 0 Å². The van der Waals surface area contributed by atoms with Crippen molar-refractivity contribution in [1.82, 2.24) is 4.90 Å². The second-order valence-electron chi connectivity index (χ2n) is 4.34. The van der Waals surface area contributed by atoms with E-state index in [2.05, 4.69) is 0 Å². The van der Waals surface area contributed by atoms with Gasteiger partial charge in [-0.2, -0.15) is 5.26 Å². The molecule has 1 rings (SSSR count). The molecule has 0 aliphatic rings. The zero-order valence-corrected chi connectivity index (χ0v) is 10.8. The summed E-state index contributed by atoms with van der Waals surface area (Å²) in [5, 5.41) is 10.9. The average molecular weight is 236 g/mol. The van der Waals surface area contributed by atoms with Crippen molar-refractivity contribution in [3.05, 3.63) is 22.4 Å². The monoisotopic (exact) mass is 236 g/mol. The van der Waals surface area contributed by atoms with Gasteiger partial charge in [0, 0.05) is 11.9 Å². The predicted octanol–water partition coefficient (Wildman–Crippen LogP) is 2.82. The molecular formula is C12H16N2OS. The molecule has 0 aliphatic carbocycles. The van der Waals surface area contributed by atoms with E-state index in [4.69, 9.17) is 5.26 Å². The van der Waals surface area contributed by atoms with Crippen LogP contribution in [0.5, 0.6) is 0 Å². The molecule has 1 aromatic rings. The first kappa shape index (κ1) is 12.7. The van der Waals surface area contributed by atoms with Gasteiger partial charge < -0.3 is 4.90 Å². The van der Waals surface area contributed by atoms with Gasteiger partial charge in [0.05, 0.1) is 12.1 Å². The third kappa shape index (κ3) is 2.42. The van der Waals surface area contributed by atoms with Crippen molar-refractivity contribution in [2.45, 2.75) is 26.8 Å². The van der Waals surface area contributed by atoms with Gasteiger partial charge in [-0.25, -0.2) is 0 Å². The van der Waals surface area contributed by atoms with Crippen LogP contribution in [0.15, 0.2) is 17.5 Å². The molecule has 0 saturated carbocycles. The molecule has 0 radical (unpaired) electrons. The van der Waals surface area contributed by atoms with Gasteiger partial charge in [0.2, 0.25) is 5.91 Å². The zero-order chi connectivity index (χ0) is 12.3. The highest BCUT2D eigenvalue weighted by Crippen LogP contribution is 2.27. The number of nitrogens with zero attached hydrogens (tertiary/aromatic N) is 2. The highest BCUT2D eigenvalue weighted by molar-refractivity contribution is 7.10. The van der Waals surface area contributed by atoms with Crippen molar-refractivity contribution in [1.29, 1.82) is 5.26 Å². The molecular weight excluding hydrogens is 220 g/mol. The molecule has 0 aliphatic heterocycles. The van der Waals surface area contributed by atoms with Crippen LogP contribution in [0.2, 0.25) is 0 Å². The van der Waals surface area contributed by atoms with Gasteiger partial charge in [-0.3, -0.25) is 4.79 Å². The lowest BCUT2D eigenvalue weighted by atomic mass is 9.93. The third-order valence-corrected chi connectivity index (χ3v) is 3.71. The Labute approximate surface area is 100 Å². The predicted molar refractivity (Wildman–Crippen MR) is 64.9 cm³/mol. The third-order valence-electron chi connectivity index (χ3n) is 2.67. The Hall–Kier alpha value is -1.34. The summed E-state index contributed by atoms with van der Waals surface area (Å²) in [6, 6.07) is 6.01. The van der Waals surface area contributed by atoms with E-state index in [9.17, 15) is 4.79 Å². The van der Waals surface area contributed by atoms with Crippen LogP contribution in [0, 0.1) is 16.7 Å². The van der Waals surface area contributed by atoms with E-state index >= 15 is 0 Å². The molecule has 0 bridgehead atoms. The van der Waals surface area contributed by atoms with Crippen molar-refractivity contribution >= 4 is 17.2 Å². The molecule has 1 heterocycles. The van der Waals surface area contributed by atoms with Crippen LogP contribution in [0.3, 0.4) is 0 Å². The molecule has 1 atom stereocenters. The zero-order valence-electron chi connectivity index (χ0n) is 10.0. The summed E-state index contributed by atoms with van der Waals surface area (Å²) in [6.07, 6.45) is 0. The molecule has 1 aromatic heterocycles.